The predicted molar refractivity (Wildman–Crippen MR) is 52.9 cm³/mol. The quantitative estimate of drug-likeness (QED) is 0.131. The van der Waals surface area contributed by atoms with E-state index in [4.69, 9.17) is 19.8 Å². The van der Waals surface area contributed by atoms with Gasteiger partial charge in [0.2, 0.25) is 6.29 Å². The maximum atomic E-state index is 10.9. The largest absolute Gasteiger partial charge is 0.508 e. The molecule has 1 aliphatic rings. The van der Waals surface area contributed by atoms with Crippen LogP contribution < -0.4 is 0 Å². The van der Waals surface area contributed by atoms with Crippen LogP contribution in [0, 0.1) is 0 Å². The molecule has 2 unspecified atom stereocenters. The number of aliphatic hydroxyl groups is 3. The van der Waals surface area contributed by atoms with E-state index in [9.17, 15) is 19.3 Å². The van der Waals surface area contributed by atoms with Crippen LogP contribution in [0.25, 0.3) is 0 Å². The van der Waals surface area contributed by atoms with Crippen molar-refractivity contribution in [1.29, 1.82) is 0 Å². The molecule has 0 saturated carbocycles. The Morgan fingerprint density at radius 3 is 2.21 bits per heavy atom. The van der Waals surface area contributed by atoms with Gasteiger partial charge in [0, 0.05) is 0 Å². The summed E-state index contributed by atoms with van der Waals surface area (Å²) in [7, 11) is -10.6. The third kappa shape index (κ3) is 5.52. The van der Waals surface area contributed by atoms with E-state index in [1.54, 1.807) is 0 Å². The predicted octanol–water partition coefficient (Wildman–Crippen LogP) is -2.42. The molecule has 12 nitrogen and oxygen atoms in total. The average molecular weight is 326 g/mol. The fourth-order valence-corrected chi connectivity index (χ4v) is 2.56. The topological polar surface area (TPSA) is 192 Å². The Balaban J connectivity index is 2.48. The normalized spacial score (nSPS) is 33.1. The van der Waals surface area contributed by atoms with Gasteiger partial charge in [-0.25, -0.2) is 9.13 Å². The molecule has 0 spiro atoms. The van der Waals surface area contributed by atoms with Crippen molar-refractivity contribution in [2.75, 3.05) is 6.61 Å². The van der Waals surface area contributed by atoms with E-state index in [0.29, 0.717) is 0 Å². The monoisotopic (exact) mass is 326 g/mol. The lowest BCUT2D eigenvalue weighted by atomic mass is 10.1. The van der Waals surface area contributed by atoms with Gasteiger partial charge in [-0.3, -0.25) is 0 Å². The first-order valence-electron chi connectivity index (χ1n) is 4.62. The Morgan fingerprint density at radius 2 is 1.79 bits per heavy atom. The van der Waals surface area contributed by atoms with Crippen LogP contribution in [0.15, 0.2) is 0 Å². The first kappa shape index (κ1) is 17.1. The minimum atomic E-state index is -5.31. The molecule has 1 rings (SSSR count). The van der Waals surface area contributed by atoms with E-state index in [1.165, 1.54) is 0 Å². The Bertz CT molecular complexity index is 392. The molecule has 5 atom stereocenters. The number of hydrogen-bond acceptors (Lipinski definition) is 9. The highest BCUT2D eigenvalue weighted by molar-refractivity contribution is 7.60. The van der Waals surface area contributed by atoms with Crippen molar-refractivity contribution in [3.8, 4) is 0 Å². The van der Waals surface area contributed by atoms with Gasteiger partial charge >= 0.3 is 15.6 Å². The molecule has 114 valence electrons. The maximum absolute atomic E-state index is 10.9. The molecule has 0 radical (unpaired) electrons. The van der Waals surface area contributed by atoms with Gasteiger partial charge in [-0.2, -0.15) is 9.20 Å². The van der Waals surface area contributed by atoms with E-state index in [1.807, 2.05) is 0 Å². The molecular weight excluding hydrogens is 314 g/mol. The molecule has 1 fully saturated rings. The van der Waals surface area contributed by atoms with Crippen LogP contribution in [0.4, 0.5) is 0 Å². The molecule has 6 N–H and O–H groups in total. The smallest absolute Gasteiger partial charge is 0.388 e. The van der Waals surface area contributed by atoms with Crippen molar-refractivity contribution < 1.29 is 57.7 Å². The number of ether oxygens (including phenoxy) is 1. The second-order valence-electron chi connectivity index (χ2n) is 3.46. The number of phosphoric acid groups is 2. The second kappa shape index (κ2) is 6.22. The van der Waals surface area contributed by atoms with Gasteiger partial charge < -0.3 is 34.7 Å². The second-order valence-corrected chi connectivity index (χ2v) is 6.18. The Labute approximate surface area is 105 Å². The van der Waals surface area contributed by atoms with Crippen LogP contribution in [0.5, 0.6) is 0 Å². The Kier molecular flexibility index (Phi) is 5.61. The minimum absolute atomic E-state index is 0.317. The van der Waals surface area contributed by atoms with Crippen molar-refractivity contribution in [2.45, 2.75) is 24.6 Å². The molecular formula is C5H12O12P2. The fraction of sp³-hybridized carbons (Fsp3) is 1.00. The summed E-state index contributed by atoms with van der Waals surface area (Å²) in [4.78, 5) is 29.3. The van der Waals surface area contributed by atoms with Gasteiger partial charge in [0.25, 0.3) is 0 Å². The zero-order valence-electron chi connectivity index (χ0n) is 9.04. The summed E-state index contributed by atoms with van der Waals surface area (Å²) in [5, 5.41) is 27.6. The maximum Gasteiger partial charge on any atom is 0.508 e. The van der Waals surface area contributed by atoms with Crippen molar-refractivity contribution >= 4 is 15.6 Å². The number of aliphatic hydroxyl groups excluding tert-OH is 3. The van der Waals surface area contributed by atoms with E-state index < -0.39 is 40.2 Å². The molecule has 0 aliphatic carbocycles. The molecule has 1 aliphatic heterocycles. The highest BCUT2D eigenvalue weighted by Crippen LogP contribution is 2.57. The van der Waals surface area contributed by atoms with E-state index in [2.05, 4.69) is 18.6 Å². The van der Waals surface area contributed by atoms with Gasteiger partial charge in [0.1, 0.15) is 18.3 Å². The lowest BCUT2D eigenvalue weighted by molar-refractivity contribution is -0.341. The Morgan fingerprint density at radius 1 is 1.21 bits per heavy atom. The fourth-order valence-electron chi connectivity index (χ4n) is 1.18. The zero-order chi connectivity index (χ0) is 14.8. The summed E-state index contributed by atoms with van der Waals surface area (Å²) in [5.41, 5.74) is 0. The van der Waals surface area contributed by atoms with Crippen LogP contribution in [-0.2, 0) is 27.7 Å². The highest BCUT2D eigenvalue weighted by Gasteiger charge is 2.42. The van der Waals surface area contributed by atoms with E-state index in [0.717, 1.165) is 0 Å². The van der Waals surface area contributed by atoms with Crippen LogP contribution in [-0.4, -0.2) is 61.2 Å². The molecule has 1 saturated heterocycles. The summed E-state index contributed by atoms with van der Waals surface area (Å²) < 4.78 is 32.9. The summed E-state index contributed by atoms with van der Waals surface area (Å²) in [6.07, 6.45) is -6.42. The van der Waals surface area contributed by atoms with Crippen molar-refractivity contribution in [1.82, 2.24) is 0 Å². The van der Waals surface area contributed by atoms with Crippen LogP contribution >= 0.6 is 15.6 Å². The van der Waals surface area contributed by atoms with E-state index in [-0.39, 0.29) is 6.61 Å². The van der Waals surface area contributed by atoms with Crippen LogP contribution in [0.3, 0.4) is 0 Å². The summed E-state index contributed by atoms with van der Waals surface area (Å²) >= 11 is 0. The van der Waals surface area contributed by atoms with Gasteiger partial charge in [0.15, 0.2) is 0 Å². The SMILES string of the molecule is O=P(O)(O)OP(=O)(O)OOC(O)[C@H]1OC[C@H](O)[C@@H]1O. The van der Waals surface area contributed by atoms with Gasteiger partial charge in [-0.1, -0.05) is 0 Å². The summed E-state index contributed by atoms with van der Waals surface area (Å²) in [6.45, 7) is -0.317. The van der Waals surface area contributed by atoms with Crippen molar-refractivity contribution in [3.63, 3.8) is 0 Å². The first-order valence-corrected chi connectivity index (χ1v) is 7.65. The molecule has 0 amide bonds. The minimum Gasteiger partial charge on any atom is -0.388 e. The lowest BCUT2D eigenvalue weighted by Crippen LogP contribution is -2.39. The summed E-state index contributed by atoms with van der Waals surface area (Å²) in [5.74, 6) is 0. The number of hydrogen-bond donors (Lipinski definition) is 6. The zero-order valence-corrected chi connectivity index (χ0v) is 10.8. The lowest BCUT2D eigenvalue weighted by Gasteiger charge is -2.20. The number of rotatable bonds is 6. The third-order valence-electron chi connectivity index (χ3n) is 1.92. The third-order valence-corrected chi connectivity index (χ3v) is 3.87. The molecule has 0 aromatic carbocycles. The van der Waals surface area contributed by atoms with Crippen molar-refractivity contribution in [3.05, 3.63) is 0 Å². The van der Waals surface area contributed by atoms with E-state index >= 15 is 0 Å². The average Bonchev–Trinajstić information content (AvgIpc) is 2.53. The molecule has 19 heavy (non-hydrogen) atoms. The molecule has 14 heteroatoms. The highest BCUT2D eigenvalue weighted by atomic mass is 31.3. The van der Waals surface area contributed by atoms with Crippen LogP contribution in [0.1, 0.15) is 0 Å². The van der Waals surface area contributed by atoms with Gasteiger partial charge in [0.05, 0.1) is 6.61 Å². The van der Waals surface area contributed by atoms with Gasteiger partial charge in [-0.05, 0) is 0 Å². The molecule has 0 bridgehead atoms. The summed E-state index contributed by atoms with van der Waals surface area (Å²) in [6, 6.07) is 0. The standard InChI is InChI=1S/C5H12O12P2/c6-2-1-14-4(3(2)7)5(8)15-16-19(12,13)17-18(9,10)11/h2-8H,1H2,(H,12,13)(H2,9,10,11)/t2-,3-,4-,5?/m0/s1. The molecule has 0 aromatic rings. The molecule has 0 aromatic heterocycles. The van der Waals surface area contributed by atoms with Crippen molar-refractivity contribution in [2.24, 2.45) is 0 Å². The van der Waals surface area contributed by atoms with Crippen LogP contribution in [0.2, 0.25) is 0 Å². The molecule has 1 heterocycles. The van der Waals surface area contributed by atoms with Gasteiger partial charge in [-0.15, -0.1) is 4.67 Å². The first-order chi connectivity index (χ1) is 8.52. The Hall–Kier alpha value is 0.0600.